The lowest BCUT2D eigenvalue weighted by Crippen LogP contribution is -2.42. The Hall–Kier alpha value is -1.06. The molecule has 0 radical (unpaired) electrons. The van der Waals surface area contributed by atoms with Crippen LogP contribution in [0.2, 0.25) is 0 Å². The Morgan fingerprint density at radius 1 is 1.28 bits per heavy atom. The maximum atomic E-state index is 6.61. The molecule has 2 aliphatic heterocycles. The van der Waals surface area contributed by atoms with E-state index in [9.17, 15) is 0 Å². The van der Waals surface area contributed by atoms with Crippen LogP contribution in [0.15, 0.2) is 24.3 Å². The van der Waals surface area contributed by atoms with Gasteiger partial charge < -0.3 is 15.2 Å². The molecular formula is C15H21NO2. The van der Waals surface area contributed by atoms with E-state index < -0.39 is 0 Å². The van der Waals surface area contributed by atoms with Crippen LogP contribution in [0, 0.1) is 0 Å². The second-order valence-corrected chi connectivity index (χ2v) is 5.42. The average Bonchev–Trinajstić information content (AvgIpc) is 2.90. The predicted molar refractivity (Wildman–Crippen MR) is 70.6 cm³/mol. The third kappa shape index (κ3) is 2.25. The van der Waals surface area contributed by atoms with Crippen molar-refractivity contribution in [3.8, 4) is 5.75 Å². The van der Waals surface area contributed by atoms with E-state index in [4.69, 9.17) is 15.2 Å². The molecule has 1 fully saturated rings. The molecule has 0 spiro atoms. The third-order valence-electron chi connectivity index (χ3n) is 4.17. The number of nitrogens with two attached hydrogens (primary N) is 1. The predicted octanol–water partition coefficient (Wildman–Crippen LogP) is 2.58. The monoisotopic (exact) mass is 247 g/mol. The van der Waals surface area contributed by atoms with E-state index in [0.717, 1.165) is 43.8 Å². The third-order valence-corrected chi connectivity index (χ3v) is 4.17. The van der Waals surface area contributed by atoms with Crippen LogP contribution in [0.5, 0.6) is 5.75 Å². The standard InChI is InChI=1S/C15H21NO2/c16-15(8-7-12-4-3-10-17-12)9-11-18-14-6-2-1-5-13(14)15/h1-2,5-6,12H,3-4,7-11,16H2. The van der Waals surface area contributed by atoms with Gasteiger partial charge in [-0.1, -0.05) is 18.2 Å². The lowest BCUT2D eigenvalue weighted by atomic mass is 9.81. The Balaban J connectivity index is 1.73. The summed E-state index contributed by atoms with van der Waals surface area (Å²) >= 11 is 0. The molecule has 2 aliphatic rings. The molecule has 0 aromatic heterocycles. The van der Waals surface area contributed by atoms with Gasteiger partial charge in [0.2, 0.25) is 0 Å². The molecule has 3 rings (SSSR count). The summed E-state index contributed by atoms with van der Waals surface area (Å²) in [6, 6.07) is 8.16. The number of benzene rings is 1. The number of hydrogen-bond donors (Lipinski definition) is 1. The van der Waals surface area contributed by atoms with Crippen LogP contribution < -0.4 is 10.5 Å². The van der Waals surface area contributed by atoms with Crippen LogP contribution in [-0.4, -0.2) is 19.3 Å². The minimum absolute atomic E-state index is 0.235. The fraction of sp³-hybridized carbons (Fsp3) is 0.600. The quantitative estimate of drug-likeness (QED) is 0.893. The molecule has 0 bridgehead atoms. The number of hydrogen-bond acceptors (Lipinski definition) is 3. The van der Waals surface area contributed by atoms with Crippen LogP contribution in [0.4, 0.5) is 0 Å². The molecule has 0 aliphatic carbocycles. The molecular weight excluding hydrogens is 226 g/mol. The SMILES string of the molecule is NC1(CCC2CCCO2)CCOc2ccccc21. The molecule has 2 unspecified atom stereocenters. The molecule has 3 nitrogen and oxygen atoms in total. The van der Waals surface area contributed by atoms with Gasteiger partial charge in [0, 0.05) is 24.1 Å². The number of ether oxygens (including phenoxy) is 2. The van der Waals surface area contributed by atoms with Gasteiger partial charge in [0.1, 0.15) is 5.75 Å². The molecule has 18 heavy (non-hydrogen) atoms. The minimum atomic E-state index is -0.235. The van der Waals surface area contributed by atoms with Crippen molar-refractivity contribution in [1.29, 1.82) is 0 Å². The van der Waals surface area contributed by atoms with Gasteiger partial charge in [0.15, 0.2) is 0 Å². The molecule has 1 saturated heterocycles. The smallest absolute Gasteiger partial charge is 0.124 e. The first kappa shape index (κ1) is 12.0. The van der Waals surface area contributed by atoms with Crippen molar-refractivity contribution < 1.29 is 9.47 Å². The molecule has 2 atom stereocenters. The first-order valence-electron chi connectivity index (χ1n) is 6.91. The van der Waals surface area contributed by atoms with Crippen LogP contribution in [0.25, 0.3) is 0 Å². The molecule has 3 heteroatoms. The zero-order valence-electron chi connectivity index (χ0n) is 10.7. The molecule has 2 N–H and O–H groups in total. The Kier molecular flexibility index (Phi) is 3.27. The average molecular weight is 247 g/mol. The molecule has 98 valence electrons. The Bertz CT molecular complexity index is 415. The van der Waals surface area contributed by atoms with E-state index in [1.807, 2.05) is 18.2 Å². The Labute approximate surface area is 108 Å². The summed E-state index contributed by atoms with van der Waals surface area (Å²) in [5.74, 6) is 0.957. The van der Waals surface area contributed by atoms with Gasteiger partial charge in [0.05, 0.1) is 12.7 Å². The summed E-state index contributed by atoms with van der Waals surface area (Å²) in [6.07, 6.45) is 5.75. The number of rotatable bonds is 3. The minimum Gasteiger partial charge on any atom is -0.493 e. The van der Waals surface area contributed by atoms with Gasteiger partial charge in [-0.15, -0.1) is 0 Å². The van der Waals surface area contributed by atoms with Gasteiger partial charge in [0.25, 0.3) is 0 Å². The summed E-state index contributed by atoms with van der Waals surface area (Å²) in [5.41, 5.74) is 7.54. The van der Waals surface area contributed by atoms with Gasteiger partial charge in [-0.2, -0.15) is 0 Å². The molecule has 0 amide bonds. The number of fused-ring (bicyclic) bond motifs is 1. The van der Waals surface area contributed by atoms with E-state index in [2.05, 4.69) is 6.07 Å². The molecule has 0 saturated carbocycles. The van der Waals surface area contributed by atoms with Gasteiger partial charge >= 0.3 is 0 Å². The van der Waals surface area contributed by atoms with Crippen molar-refractivity contribution in [2.45, 2.75) is 43.7 Å². The number of para-hydroxylation sites is 1. The maximum Gasteiger partial charge on any atom is 0.124 e. The normalized spacial score (nSPS) is 30.8. The zero-order valence-corrected chi connectivity index (χ0v) is 10.7. The van der Waals surface area contributed by atoms with Crippen LogP contribution in [-0.2, 0) is 10.3 Å². The van der Waals surface area contributed by atoms with Crippen molar-refractivity contribution in [2.75, 3.05) is 13.2 Å². The van der Waals surface area contributed by atoms with Crippen molar-refractivity contribution in [2.24, 2.45) is 5.73 Å². The highest BCUT2D eigenvalue weighted by Crippen LogP contribution is 2.38. The van der Waals surface area contributed by atoms with Crippen LogP contribution in [0.3, 0.4) is 0 Å². The topological polar surface area (TPSA) is 44.5 Å². The van der Waals surface area contributed by atoms with Crippen molar-refractivity contribution in [3.05, 3.63) is 29.8 Å². The highest BCUT2D eigenvalue weighted by molar-refractivity contribution is 5.40. The van der Waals surface area contributed by atoms with Gasteiger partial charge in [-0.05, 0) is 31.7 Å². The van der Waals surface area contributed by atoms with E-state index in [1.165, 1.54) is 12.8 Å². The summed E-state index contributed by atoms with van der Waals surface area (Å²) in [6.45, 7) is 1.64. The fourth-order valence-corrected chi connectivity index (χ4v) is 3.03. The maximum absolute atomic E-state index is 6.61. The van der Waals surface area contributed by atoms with Crippen molar-refractivity contribution >= 4 is 0 Å². The van der Waals surface area contributed by atoms with Gasteiger partial charge in [-0.3, -0.25) is 0 Å². The van der Waals surface area contributed by atoms with Gasteiger partial charge in [-0.25, -0.2) is 0 Å². The summed E-state index contributed by atoms with van der Waals surface area (Å²) < 4.78 is 11.4. The lowest BCUT2D eigenvalue weighted by molar-refractivity contribution is 0.0909. The van der Waals surface area contributed by atoms with Crippen molar-refractivity contribution in [1.82, 2.24) is 0 Å². The fourth-order valence-electron chi connectivity index (χ4n) is 3.03. The summed E-state index contributed by atoms with van der Waals surface area (Å²) in [7, 11) is 0. The highest BCUT2D eigenvalue weighted by atomic mass is 16.5. The van der Waals surface area contributed by atoms with E-state index >= 15 is 0 Å². The largest absolute Gasteiger partial charge is 0.493 e. The van der Waals surface area contributed by atoms with E-state index in [0.29, 0.717) is 6.10 Å². The van der Waals surface area contributed by atoms with Crippen LogP contribution >= 0.6 is 0 Å². The molecule has 1 aromatic rings. The van der Waals surface area contributed by atoms with Crippen molar-refractivity contribution in [3.63, 3.8) is 0 Å². The Morgan fingerprint density at radius 3 is 3.00 bits per heavy atom. The second kappa shape index (κ2) is 4.90. The first-order valence-corrected chi connectivity index (χ1v) is 6.91. The van der Waals surface area contributed by atoms with Crippen LogP contribution in [0.1, 0.15) is 37.7 Å². The molecule has 2 heterocycles. The zero-order chi connectivity index (χ0) is 12.4. The van der Waals surface area contributed by atoms with E-state index in [1.54, 1.807) is 0 Å². The highest BCUT2D eigenvalue weighted by Gasteiger charge is 2.34. The van der Waals surface area contributed by atoms with E-state index in [-0.39, 0.29) is 5.54 Å². The first-order chi connectivity index (χ1) is 8.78. The molecule has 1 aromatic carbocycles. The lowest BCUT2D eigenvalue weighted by Gasteiger charge is -2.36. The summed E-state index contributed by atoms with van der Waals surface area (Å²) in [5, 5.41) is 0. The summed E-state index contributed by atoms with van der Waals surface area (Å²) in [4.78, 5) is 0. The second-order valence-electron chi connectivity index (χ2n) is 5.42. The Morgan fingerprint density at radius 2 is 2.17 bits per heavy atom.